The van der Waals surface area contributed by atoms with Crippen molar-refractivity contribution in [2.45, 2.75) is 18.2 Å². The van der Waals surface area contributed by atoms with Crippen LogP contribution < -0.4 is 20.4 Å². The molecule has 4 N–H and O–H groups in total. The highest BCUT2D eigenvalue weighted by atomic mass is 32.2. The minimum Gasteiger partial charge on any atom is -0.493 e. The van der Waals surface area contributed by atoms with Gasteiger partial charge in [0.2, 0.25) is 5.96 Å². The van der Waals surface area contributed by atoms with Crippen LogP contribution in [0.15, 0.2) is 57.6 Å². The molecule has 2 aromatic rings. The summed E-state index contributed by atoms with van der Waals surface area (Å²) in [6.07, 6.45) is 1.93. The van der Waals surface area contributed by atoms with Crippen LogP contribution in [0.2, 0.25) is 0 Å². The summed E-state index contributed by atoms with van der Waals surface area (Å²) in [4.78, 5) is -0.105. The SMILES string of the molecule is Cc1cc(OCCC=NN=C(N)N)cc(OS(=O)(=O)c2cccc(C#N)c2)c1. The van der Waals surface area contributed by atoms with Crippen molar-refractivity contribution in [3.63, 3.8) is 0 Å². The molecule has 146 valence electrons. The van der Waals surface area contributed by atoms with E-state index in [1.54, 1.807) is 19.1 Å². The second-order valence-corrected chi connectivity index (χ2v) is 7.17. The van der Waals surface area contributed by atoms with Gasteiger partial charge >= 0.3 is 10.1 Å². The van der Waals surface area contributed by atoms with E-state index in [9.17, 15) is 8.42 Å². The lowest BCUT2D eigenvalue weighted by Crippen LogP contribution is -2.21. The Kier molecular flexibility index (Phi) is 6.95. The number of rotatable bonds is 8. The number of hydrogen-bond donors (Lipinski definition) is 2. The summed E-state index contributed by atoms with van der Waals surface area (Å²) < 4.78 is 35.7. The summed E-state index contributed by atoms with van der Waals surface area (Å²) in [5.41, 5.74) is 11.3. The second kappa shape index (κ2) is 9.38. The molecular weight excluding hydrogens is 382 g/mol. The lowest BCUT2D eigenvalue weighted by atomic mass is 10.2. The fourth-order valence-electron chi connectivity index (χ4n) is 2.14. The Balaban J connectivity index is 2.09. The average Bonchev–Trinajstić information content (AvgIpc) is 2.63. The van der Waals surface area contributed by atoms with Gasteiger partial charge in [-0.25, -0.2) is 0 Å². The molecule has 0 atom stereocenters. The van der Waals surface area contributed by atoms with Crippen molar-refractivity contribution in [2.75, 3.05) is 6.61 Å². The molecule has 0 spiro atoms. The zero-order valence-corrected chi connectivity index (χ0v) is 15.9. The molecule has 0 heterocycles. The molecule has 0 amide bonds. The molecule has 0 bridgehead atoms. The van der Waals surface area contributed by atoms with E-state index >= 15 is 0 Å². The second-order valence-electron chi connectivity index (χ2n) is 5.62. The van der Waals surface area contributed by atoms with E-state index in [4.69, 9.17) is 25.6 Å². The van der Waals surface area contributed by atoms with E-state index in [0.29, 0.717) is 12.2 Å². The third kappa shape index (κ3) is 6.30. The number of nitrogens with two attached hydrogens (primary N) is 2. The van der Waals surface area contributed by atoms with Crippen LogP contribution in [0.1, 0.15) is 17.5 Å². The number of benzene rings is 2. The standard InChI is InChI=1S/C18H19N5O4S/c1-13-8-15(26-7-3-6-22-23-18(20)21)11-16(9-13)27-28(24,25)17-5-2-4-14(10-17)12-19/h2,4-6,8-11H,3,7H2,1H3,(H4,20,21,23). The van der Waals surface area contributed by atoms with Gasteiger partial charge in [0.25, 0.3) is 0 Å². The molecule has 0 radical (unpaired) electrons. The number of aryl methyl sites for hydroxylation is 1. The first-order valence-electron chi connectivity index (χ1n) is 8.10. The molecule has 9 nitrogen and oxygen atoms in total. The van der Waals surface area contributed by atoms with E-state index in [0.717, 1.165) is 5.56 Å². The van der Waals surface area contributed by atoms with Gasteiger partial charge in [-0.15, -0.1) is 5.10 Å². The first kappa shape index (κ1) is 20.7. The summed E-state index contributed by atoms with van der Waals surface area (Å²) in [5.74, 6) is 0.400. The zero-order valence-electron chi connectivity index (χ0n) is 15.1. The summed E-state index contributed by atoms with van der Waals surface area (Å²) in [6, 6.07) is 12.3. The first-order valence-corrected chi connectivity index (χ1v) is 9.50. The predicted octanol–water partition coefficient (Wildman–Crippen LogP) is 1.66. The summed E-state index contributed by atoms with van der Waals surface area (Å²) in [6.45, 7) is 2.06. The molecule has 0 fully saturated rings. The molecule has 28 heavy (non-hydrogen) atoms. The Bertz CT molecular complexity index is 1040. The van der Waals surface area contributed by atoms with E-state index in [1.165, 1.54) is 36.5 Å². The molecule has 0 unspecified atom stereocenters. The van der Waals surface area contributed by atoms with Gasteiger partial charge in [-0.05, 0) is 42.8 Å². The number of nitriles is 1. The van der Waals surface area contributed by atoms with Crippen LogP contribution in [0.5, 0.6) is 11.5 Å². The molecule has 10 heteroatoms. The predicted molar refractivity (Wildman–Crippen MR) is 105 cm³/mol. The third-order valence-electron chi connectivity index (χ3n) is 3.25. The molecule has 0 saturated heterocycles. The molecule has 0 saturated carbocycles. The Hall–Kier alpha value is -3.58. The monoisotopic (exact) mass is 401 g/mol. The molecular formula is C18H19N5O4S. The molecule has 0 aliphatic carbocycles. The summed E-state index contributed by atoms with van der Waals surface area (Å²) in [5, 5.41) is 16.0. The number of hydrogen-bond acceptors (Lipinski definition) is 7. The lowest BCUT2D eigenvalue weighted by molar-refractivity contribution is 0.329. The van der Waals surface area contributed by atoms with Gasteiger partial charge in [-0.3, -0.25) is 0 Å². The van der Waals surface area contributed by atoms with Crippen LogP contribution in [0.3, 0.4) is 0 Å². The highest BCUT2D eigenvalue weighted by Crippen LogP contribution is 2.26. The van der Waals surface area contributed by atoms with Crippen molar-refractivity contribution >= 4 is 22.3 Å². The van der Waals surface area contributed by atoms with E-state index in [1.807, 2.05) is 6.07 Å². The van der Waals surface area contributed by atoms with Crippen LogP contribution in [0.4, 0.5) is 0 Å². The van der Waals surface area contributed by atoms with Crippen molar-refractivity contribution in [3.8, 4) is 17.6 Å². The van der Waals surface area contributed by atoms with Crippen LogP contribution in [-0.2, 0) is 10.1 Å². The van der Waals surface area contributed by atoms with Crippen molar-refractivity contribution in [2.24, 2.45) is 21.7 Å². The van der Waals surface area contributed by atoms with Gasteiger partial charge in [0.1, 0.15) is 16.4 Å². The van der Waals surface area contributed by atoms with Crippen LogP contribution in [-0.4, -0.2) is 27.2 Å². The normalized spacial score (nSPS) is 11.0. The number of guanidine groups is 1. The summed E-state index contributed by atoms with van der Waals surface area (Å²) in [7, 11) is -4.09. The van der Waals surface area contributed by atoms with Gasteiger partial charge in [-0.2, -0.15) is 18.8 Å². The smallest absolute Gasteiger partial charge is 0.339 e. The highest BCUT2D eigenvalue weighted by Gasteiger charge is 2.18. The van der Waals surface area contributed by atoms with Crippen LogP contribution in [0.25, 0.3) is 0 Å². The number of ether oxygens (including phenoxy) is 1. The maximum Gasteiger partial charge on any atom is 0.339 e. The fraction of sp³-hybridized carbons (Fsp3) is 0.167. The highest BCUT2D eigenvalue weighted by molar-refractivity contribution is 7.87. The van der Waals surface area contributed by atoms with Crippen molar-refractivity contribution in [1.82, 2.24) is 0 Å². The van der Waals surface area contributed by atoms with Crippen molar-refractivity contribution in [1.29, 1.82) is 5.26 Å². The topological polar surface area (TPSA) is 153 Å². The van der Waals surface area contributed by atoms with Gasteiger partial charge in [-0.1, -0.05) is 6.07 Å². The van der Waals surface area contributed by atoms with Gasteiger partial charge in [0.15, 0.2) is 0 Å². The Labute approximate surface area is 163 Å². The van der Waals surface area contributed by atoms with Crippen molar-refractivity contribution in [3.05, 3.63) is 53.6 Å². The number of nitrogens with zero attached hydrogens (tertiary/aromatic N) is 3. The molecule has 2 rings (SSSR count). The van der Waals surface area contributed by atoms with E-state index in [-0.39, 0.29) is 28.8 Å². The first-order chi connectivity index (χ1) is 13.3. The molecule has 0 aromatic heterocycles. The maximum atomic E-state index is 12.5. The van der Waals surface area contributed by atoms with Gasteiger partial charge in [0, 0.05) is 18.7 Å². The lowest BCUT2D eigenvalue weighted by Gasteiger charge is -2.11. The van der Waals surface area contributed by atoms with Crippen LogP contribution >= 0.6 is 0 Å². The molecule has 0 aliphatic heterocycles. The minimum atomic E-state index is -4.09. The van der Waals surface area contributed by atoms with Gasteiger partial charge < -0.3 is 20.4 Å². The average molecular weight is 401 g/mol. The Morgan fingerprint density at radius 2 is 1.96 bits per heavy atom. The third-order valence-corrected chi connectivity index (χ3v) is 4.50. The summed E-state index contributed by atoms with van der Waals surface area (Å²) >= 11 is 0. The maximum absolute atomic E-state index is 12.5. The largest absolute Gasteiger partial charge is 0.493 e. The zero-order chi connectivity index (χ0) is 20.6. The molecule has 2 aromatic carbocycles. The molecule has 0 aliphatic rings. The Morgan fingerprint density at radius 1 is 1.21 bits per heavy atom. The van der Waals surface area contributed by atoms with E-state index < -0.39 is 10.1 Å². The van der Waals surface area contributed by atoms with Crippen molar-refractivity contribution < 1.29 is 17.3 Å². The fourth-order valence-corrected chi connectivity index (χ4v) is 3.10. The Morgan fingerprint density at radius 3 is 2.68 bits per heavy atom. The van der Waals surface area contributed by atoms with Gasteiger partial charge in [0.05, 0.1) is 18.2 Å². The quantitative estimate of drug-likeness (QED) is 0.224. The minimum absolute atomic E-state index is 0.103. The van der Waals surface area contributed by atoms with Crippen LogP contribution in [0, 0.1) is 18.3 Å². The van der Waals surface area contributed by atoms with E-state index in [2.05, 4.69) is 10.2 Å².